The first-order chi connectivity index (χ1) is 13.7. The Morgan fingerprint density at radius 2 is 2.04 bits per heavy atom. The first kappa shape index (κ1) is 17.2. The number of halogens is 1. The number of hydrogen-bond acceptors (Lipinski definition) is 5. The molecule has 142 valence electrons. The summed E-state index contributed by atoms with van der Waals surface area (Å²) < 4.78 is 17.9. The second-order valence-electron chi connectivity index (χ2n) is 6.65. The fourth-order valence-corrected chi connectivity index (χ4v) is 3.91. The van der Waals surface area contributed by atoms with Crippen LogP contribution in [-0.2, 0) is 0 Å². The van der Waals surface area contributed by atoms with Crippen molar-refractivity contribution < 1.29 is 13.9 Å². The van der Waals surface area contributed by atoms with E-state index in [9.17, 15) is 0 Å². The fourth-order valence-electron chi connectivity index (χ4n) is 3.72. The maximum Gasteiger partial charge on any atom is 0.196 e. The van der Waals surface area contributed by atoms with Crippen LogP contribution in [0.5, 0.6) is 11.5 Å². The molecule has 0 radical (unpaired) electrons. The van der Waals surface area contributed by atoms with E-state index in [1.54, 1.807) is 6.26 Å². The molecule has 6 heteroatoms. The SMILES string of the molecule is CCOc1cccc2c1OC(c1cccc(Cl)c1)N1NC(c3ccco3)=CC21. The van der Waals surface area contributed by atoms with Crippen LogP contribution >= 0.6 is 11.6 Å². The summed E-state index contributed by atoms with van der Waals surface area (Å²) in [4.78, 5) is 0. The Kier molecular flexibility index (Phi) is 4.26. The number of ether oxygens (including phenoxy) is 2. The van der Waals surface area contributed by atoms with Crippen molar-refractivity contribution in [2.75, 3.05) is 6.61 Å². The minimum Gasteiger partial charge on any atom is -0.490 e. The van der Waals surface area contributed by atoms with Crippen LogP contribution < -0.4 is 14.9 Å². The van der Waals surface area contributed by atoms with E-state index >= 15 is 0 Å². The number of hydrogen-bond donors (Lipinski definition) is 1. The van der Waals surface area contributed by atoms with Crippen LogP contribution in [0, 0.1) is 0 Å². The Morgan fingerprint density at radius 3 is 2.82 bits per heavy atom. The summed E-state index contributed by atoms with van der Waals surface area (Å²) in [5.41, 5.74) is 6.35. The van der Waals surface area contributed by atoms with Crippen molar-refractivity contribution in [1.29, 1.82) is 0 Å². The molecule has 1 N–H and O–H groups in total. The van der Waals surface area contributed by atoms with Crippen LogP contribution in [0.25, 0.3) is 5.70 Å². The highest BCUT2D eigenvalue weighted by molar-refractivity contribution is 6.30. The Balaban J connectivity index is 1.63. The van der Waals surface area contributed by atoms with Crippen molar-refractivity contribution in [3.63, 3.8) is 0 Å². The van der Waals surface area contributed by atoms with Crippen LogP contribution in [0.4, 0.5) is 0 Å². The molecule has 3 heterocycles. The molecule has 1 aromatic heterocycles. The van der Waals surface area contributed by atoms with Gasteiger partial charge in [0.2, 0.25) is 0 Å². The highest BCUT2D eigenvalue weighted by Crippen LogP contribution is 2.49. The highest BCUT2D eigenvalue weighted by Gasteiger charge is 2.41. The summed E-state index contributed by atoms with van der Waals surface area (Å²) in [6, 6.07) is 17.5. The van der Waals surface area contributed by atoms with Gasteiger partial charge >= 0.3 is 0 Å². The number of hydrazine groups is 1. The summed E-state index contributed by atoms with van der Waals surface area (Å²) in [6.45, 7) is 2.54. The summed E-state index contributed by atoms with van der Waals surface area (Å²) in [5, 5.41) is 2.74. The zero-order valence-corrected chi connectivity index (χ0v) is 16.0. The van der Waals surface area contributed by atoms with Gasteiger partial charge in [-0.1, -0.05) is 35.9 Å². The van der Waals surface area contributed by atoms with Crippen molar-refractivity contribution in [3.05, 3.63) is 88.8 Å². The molecular formula is C22H19ClN2O3. The Hall–Kier alpha value is -2.89. The molecule has 0 saturated carbocycles. The van der Waals surface area contributed by atoms with E-state index in [-0.39, 0.29) is 12.3 Å². The van der Waals surface area contributed by atoms with Crippen molar-refractivity contribution in [1.82, 2.24) is 10.4 Å². The number of nitrogens with one attached hydrogen (secondary N) is 1. The molecule has 2 aliphatic rings. The van der Waals surface area contributed by atoms with E-state index in [1.165, 1.54) is 0 Å². The van der Waals surface area contributed by atoms with Crippen LogP contribution in [-0.4, -0.2) is 11.6 Å². The molecule has 2 atom stereocenters. The molecule has 5 rings (SSSR count). The molecule has 0 spiro atoms. The maximum atomic E-state index is 6.45. The quantitative estimate of drug-likeness (QED) is 0.648. The van der Waals surface area contributed by atoms with Crippen LogP contribution in [0.3, 0.4) is 0 Å². The van der Waals surface area contributed by atoms with E-state index in [4.69, 9.17) is 25.5 Å². The fraction of sp³-hybridized carbons (Fsp3) is 0.182. The predicted molar refractivity (Wildman–Crippen MR) is 107 cm³/mol. The molecule has 0 aliphatic carbocycles. The zero-order valence-electron chi connectivity index (χ0n) is 15.3. The molecule has 5 nitrogen and oxygen atoms in total. The molecular weight excluding hydrogens is 376 g/mol. The average Bonchev–Trinajstić information content (AvgIpc) is 3.38. The van der Waals surface area contributed by atoms with Gasteiger partial charge in [-0.15, -0.1) is 0 Å². The molecule has 2 aromatic carbocycles. The van der Waals surface area contributed by atoms with Gasteiger partial charge in [0.15, 0.2) is 23.5 Å². The number of furan rings is 1. The number of benzene rings is 2. The Labute approximate surface area is 168 Å². The van der Waals surface area contributed by atoms with Gasteiger partial charge in [0.05, 0.1) is 24.6 Å². The Morgan fingerprint density at radius 1 is 1.14 bits per heavy atom. The van der Waals surface area contributed by atoms with Gasteiger partial charge in [0, 0.05) is 16.1 Å². The maximum absolute atomic E-state index is 6.45. The molecule has 0 bridgehead atoms. The minimum atomic E-state index is -0.374. The summed E-state index contributed by atoms with van der Waals surface area (Å²) >= 11 is 6.25. The zero-order chi connectivity index (χ0) is 19.1. The number of para-hydroxylation sites is 1. The van der Waals surface area contributed by atoms with E-state index in [0.717, 1.165) is 34.1 Å². The average molecular weight is 395 g/mol. The normalized spacial score (nSPS) is 20.6. The summed E-state index contributed by atoms with van der Waals surface area (Å²) in [6.07, 6.45) is 3.44. The highest BCUT2D eigenvalue weighted by atomic mass is 35.5. The minimum absolute atomic E-state index is 0.0340. The summed E-state index contributed by atoms with van der Waals surface area (Å²) in [5.74, 6) is 2.28. The number of nitrogens with zero attached hydrogens (tertiary/aromatic N) is 1. The molecule has 0 amide bonds. The van der Waals surface area contributed by atoms with Gasteiger partial charge in [-0.25, -0.2) is 0 Å². The van der Waals surface area contributed by atoms with Crippen molar-refractivity contribution in [2.24, 2.45) is 0 Å². The molecule has 2 aliphatic heterocycles. The van der Waals surface area contributed by atoms with E-state index in [1.807, 2.05) is 55.5 Å². The second kappa shape index (κ2) is 6.93. The van der Waals surface area contributed by atoms with Crippen LogP contribution in [0.2, 0.25) is 5.02 Å². The van der Waals surface area contributed by atoms with Gasteiger partial charge < -0.3 is 19.3 Å². The predicted octanol–water partition coefficient (Wildman–Crippen LogP) is 5.33. The monoisotopic (exact) mass is 394 g/mol. The number of rotatable bonds is 4. The molecule has 28 heavy (non-hydrogen) atoms. The topological polar surface area (TPSA) is 46.9 Å². The van der Waals surface area contributed by atoms with Crippen molar-refractivity contribution in [3.8, 4) is 11.5 Å². The van der Waals surface area contributed by atoms with E-state index in [2.05, 4.69) is 22.6 Å². The first-order valence-electron chi connectivity index (χ1n) is 9.23. The van der Waals surface area contributed by atoms with Gasteiger partial charge in [-0.3, -0.25) is 0 Å². The number of fused-ring (bicyclic) bond motifs is 3. The molecule has 2 unspecified atom stereocenters. The third kappa shape index (κ3) is 2.84. The van der Waals surface area contributed by atoms with Gasteiger partial charge in [-0.05, 0) is 43.3 Å². The molecule has 3 aromatic rings. The lowest BCUT2D eigenvalue weighted by Crippen LogP contribution is -2.43. The van der Waals surface area contributed by atoms with E-state index < -0.39 is 0 Å². The van der Waals surface area contributed by atoms with Gasteiger partial charge in [0.25, 0.3) is 0 Å². The summed E-state index contributed by atoms with van der Waals surface area (Å²) in [7, 11) is 0. The lowest BCUT2D eigenvalue weighted by molar-refractivity contribution is -0.0347. The van der Waals surface area contributed by atoms with Crippen LogP contribution in [0.15, 0.2) is 71.4 Å². The molecule has 0 saturated heterocycles. The van der Waals surface area contributed by atoms with Crippen molar-refractivity contribution in [2.45, 2.75) is 19.2 Å². The smallest absolute Gasteiger partial charge is 0.196 e. The van der Waals surface area contributed by atoms with Crippen LogP contribution in [0.1, 0.15) is 36.1 Å². The van der Waals surface area contributed by atoms with E-state index in [0.29, 0.717) is 11.6 Å². The van der Waals surface area contributed by atoms with Gasteiger partial charge in [-0.2, -0.15) is 5.01 Å². The second-order valence-corrected chi connectivity index (χ2v) is 7.09. The first-order valence-corrected chi connectivity index (χ1v) is 9.61. The van der Waals surface area contributed by atoms with Crippen molar-refractivity contribution >= 4 is 17.3 Å². The van der Waals surface area contributed by atoms with Gasteiger partial charge in [0.1, 0.15) is 0 Å². The third-order valence-electron chi connectivity index (χ3n) is 4.90. The largest absolute Gasteiger partial charge is 0.490 e. The third-order valence-corrected chi connectivity index (χ3v) is 5.14. The standard InChI is InChI=1S/C22H19ClN2O3/c1-2-26-20-9-4-8-16-18-13-17(19-10-5-11-27-19)24-25(18)22(28-21(16)20)14-6-3-7-15(23)12-14/h3-13,18,22,24H,2H2,1H3. The lowest BCUT2D eigenvalue weighted by Gasteiger charge is -2.39. The Bertz CT molecular complexity index is 1030. The molecule has 0 fully saturated rings. The lowest BCUT2D eigenvalue weighted by atomic mass is 10.0.